The van der Waals surface area contributed by atoms with Gasteiger partial charge in [-0.15, -0.1) is 0 Å². The third kappa shape index (κ3) is 6.76. The molecule has 0 radical (unpaired) electrons. The van der Waals surface area contributed by atoms with E-state index in [1.54, 1.807) is 54.6 Å². The van der Waals surface area contributed by atoms with Crippen LogP contribution in [-0.4, -0.2) is 38.4 Å². The van der Waals surface area contributed by atoms with Crippen molar-refractivity contribution in [2.45, 2.75) is 32.6 Å². The topological polar surface area (TPSA) is 112 Å². The number of ether oxygens (including phenoxy) is 4. The molecule has 4 rings (SSSR count). The molecule has 0 N–H and O–H groups in total. The second kappa shape index (κ2) is 14.0. The Morgan fingerprint density at radius 1 is 0.810 bits per heavy atom. The highest BCUT2D eigenvalue weighted by Crippen LogP contribution is 2.33. The van der Waals surface area contributed by atoms with E-state index in [-0.39, 0.29) is 34.2 Å². The van der Waals surface area contributed by atoms with Gasteiger partial charge in [0.15, 0.2) is 34.6 Å². The number of benzene rings is 3. The second-order valence-corrected chi connectivity index (χ2v) is 9.55. The van der Waals surface area contributed by atoms with Crippen molar-refractivity contribution in [1.82, 2.24) is 0 Å². The van der Waals surface area contributed by atoms with Crippen LogP contribution >= 0.6 is 0 Å². The van der Waals surface area contributed by atoms with Crippen molar-refractivity contribution >= 4 is 29.7 Å². The van der Waals surface area contributed by atoms with Crippen LogP contribution in [-0.2, 0) is 4.79 Å². The van der Waals surface area contributed by atoms with E-state index >= 15 is 0 Å². The summed E-state index contributed by atoms with van der Waals surface area (Å²) in [6.45, 7) is 2.72. The molecule has 0 unspecified atom stereocenters. The average molecular weight is 566 g/mol. The number of fused-ring (bicyclic) bond motifs is 1. The summed E-state index contributed by atoms with van der Waals surface area (Å²) in [4.78, 5) is 38.4. The van der Waals surface area contributed by atoms with E-state index in [9.17, 15) is 19.6 Å². The molecule has 1 aliphatic rings. The van der Waals surface area contributed by atoms with Gasteiger partial charge >= 0.3 is 5.97 Å². The highest BCUT2D eigenvalue weighted by molar-refractivity contribution is 6.41. The average Bonchev–Trinajstić information content (AvgIpc) is 3.25. The zero-order valence-corrected chi connectivity index (χ0v) is 23.8. The fourth-order valence-corrected chi connectivity index (χ4v) is 4.49. The van der Waals surface area contributed by atoms with E-state index in [0.29, 0.717) is 40.4 Å². The number of Topliss-reactive ketones (excluding diaryl/α,β-unsaturated/α-hetero) is 2. The number of allylic oxidation sites excluding steroid dienone is 1. The van der Waals surface area contributed by atoms with Crippen LogP contribution in [0.25, 0.3) is 12.2 Å². The lowest BCUT2D eigenvalue weighted by Crippen LogP contribution is -2.11. The van der Waals surface area contributed by atoms with Crippen LogP contribution in [0.3, 0.4) is 0 Å². The second-order valence-electron chi connectivity index (χ2n) is 9.55. The fourth-order valence-electron chi connectivity index (χ4n) is 4.49. The SMILES string of the molecule is CCCCCCOc1ccc(/C=C(\C#N)C(=O)Oc2ccc(C=C3C(=O)c4ccccc4C3=O)cc2OC)cc1OC. The predicted octanol–water partition coefficient (Wildman–Crippen LogP) is 6.64. The van der Waals surface area contributed by atoms with Gasteiger partial charge in [0, 0.05) is 11.1 Å². The molecule has 8 heteroatoms. The number of hydrogen-bond donors (Lipinski definition) is 0. The lowest BCUT2D eigenvalue weighted by molar-refractivity contribution is -0.129. The lowest BCUT2D eigenvalue weighted by Gasteiger charge is -2.12. The van der Waals surface area contributed by atoms with Gasteiger partial charge in [-0.2, -0.15) is 5.26 Å². The Morgan fingerprint density at radius 3 is 2.07 bits per heavy atom. The Bertz CT molecular complexity index is 1570. The summed E-state index contributed by atoms with van der Waals surface area (Å²) >= 11 is 0. The first-order chi connectivity index (χ1) is 20.4. The van der Waals surface area contributed by atoms with E-state index in [2.05, 4.69) is 6.92 Å². The van der Waals surface area contributed by atoms with Crippen molar-refractivity contribution in [3.05, 3.63) is 94.1 Å². The molecule has 42 heavy (non-hydrogen) atoms. The van der Waals surface area contributed by atoms with Crippen LogP contribution < -0.4 is 18.9 Å². The van der Waals surface area contributed by atoms with E-state index < -0.39 is 5.97 Å². The maximum atomic E-state index is 12.9. The number of carbonyl (C=O) groups is 3. The highest BCUT2D eigenvalue weighted by atomic mass is 16.6. The largest absolute Gasteiger partial charge is 0.493 e. The van der Waals surface area contributed by atoms with E-state index in [4.69, 9.17) is 18.9 Å². The number of unbranched alkanes of at least 4 members (excludes halogenated alkanes) is 3. The maximum Gasteiger partial charge on any atom is 0.354 e. The van der Waals surface area contributed by atoms with E-state index in [1.807, 2.05) is 6.07 Å². The molecular weight excluding hydrogens is 534 g/mol. The summed E-state index contributed by atoms with van der Waals surface area (Å²) in [7, 11) is 2.92. The molecule has 0 atom stereocenters. The van der Waals surface area contributed by atoms with Crippen LogP contribution in [0.15, 0.2) is 71.8 Å². The van der Waals surface area contributed by atoms with Crippen LogP contribution in [0, 0.1) is 11.3 Å². The molecule has 0 fully saturated rings. The zero-order chi connectivity index (χ0) is 30.1. The quantitative estimate of drug-likeness (QED) is 0.0600. The van der Waals surface area contributed by atoms with Crippen LogP contribution in [0.5, 0.6) is 23.0 Å². The summed E-state index contributed by atoms with van der Waals surface area (Å²) in [5.74, 6) is -0.256. The maximum absolute atomic E-state index is 12.9. The van der Waals surface area contributed by atoms with Gasteiger partial charge in [0.25, 0.3) is 0 Å². The molecule has 0 amide bonds. The van der Waals surface area contributed by atoms with Gasteiger partial charge in [0.05, 0.1) is 26.4 Å². The minimum atomic E-state index is -0.881. The Labute approximate surface area is 244 Å². The first kappa shape index (κ1) is 29.8. The smallest absolute Gasteiger partial charge is 0.354 e. The normalized spacial score (nSPS) is 12.4. The number of esters is 1. The predicted molar refractivity (Wildman–Crippen MR) is 158 cm³/mol. The zero-order valence-electron chi connectivity index (χ0n) is 23.8. The van der Waals surface area contributed by atoms with Gasteiger partial charge in [0.2, 0.25) is 0 Å². The Kier molecular flexibility index (Phi) is 9.90. The molecule has 0 heterocycles. The first-order valence-electron chi connectivity index (χ1n) is 13.6. The summed E-state index contributed by atoms with van der Waals surface area (Å²) in [6, 6.07) is 18.3. The number of nitriles is 1. The Morgan fingerprint density at radius 2 is 1.43 bits per heavy atom. The number of methoxy groups -OCH3 is 2. The van der Waals surface area contributed by atoms with Crippen LogP contribution in [0.4, 0.5) is 0 Å². The third-order valence-corrected chi connectivity index (χ3v) is 6.70. The Hall–Kier alpha value is -5.16. The molecule has 0 aromatic heterocycles. The van der Waals surface area contributed by atoms with Crippen molar-refractivity contribution in [3.63, 3.8) is 0 Å². The van der Waals surface area contributed by atoms with Crippen molar-refractivity contribution in [2.24, 2.45) is 0 Å². The van der Waals surface area contributed by atoms with E-state index in [1.165, 1.54) is 32.4 Å². The number of nitrogens with zero attached hydrogens (tertiary/aromatic N) is 1. The molecule has 0 saturated heterocycles. The van der Waals surface area contributed by atoms with Gasteiger partial charge in [-0.3, -0.25) is 9.59 Å². The van der Waals surface area contributed by atoms with Crippen LogP contribution in [0.1, 0.15) is 64.4 Å². The molecule has 3 aromatic carbocycles. The minimum absolute atomic E-state index is 0.0426. The molecule has 0 aliphatic heterocycles. The molecule has 8 nitrogen and oxygen atoms in total. The standard InChI is InChI=1S/C34H31NO7/c1-4-5-6-9-16-41-28-14-12-22(19-30(28)39-2)17-24(21-35)34(38)42-29-15-13-23(20-31(29)40-3)18-27-32(36)25-10-7-8-11-26(25)33(27)37/h7-8,10-15,17-20H,4-6,9,16H2,1-3H3/b24-17+. The molecule has 0 saturated carbocycles. The Balaban J connectivity index is 1.49. The first-order valence-corrected chi connectivity index (χ1v) is 13.6. The molecule has 214 valence electrons. The monoisotopic (exact) mass is 565 g/mol. The minimum Gasteiger partial charge on any atom is -0.493 e. The molecule has 3 aromatic rings. The summed E-state index contributed by atoms with van der Waals surface area (Å²) in [5, 5.41) is 9.68. The third-order valence-electron chi connectivity index (χ3n) is 6.70. The number of hydrogen-bond acceptors (Lipinski definition) is 8. The number of ketones is 2. The van der Waals surface area contributed by atoms with E-state index in [0.717, 1.165) is 25.7 Å². The van der Waals surface area contributed by atoms with Crippen molar-refractivity contribution in [2.75, 3.05) is 20.8 Å². The summed E-state index contributed by atoms with van der Waals surface area (Å²) in [6.07, 6.45) is 7.20. The number of rotatable bonds is 12. The van der Waals surface area contributed by atoms with Crippen molar-refractivity contribution < 1.29 is 33.3 Å². The van der Waals surface area contributed by atoms with Crippen LogP contribution in [0.2, 0.25) is 0 Å². The summed E-state index contributed by atoms with van der Waals surface area (Å²) in [5.41, 5.74) is 1.60. The van der Waals surface area contributed by atoms with Crippen molar-refractivity contribution in [3.8, 4) is 29.1 Å². The van der Waals surface area contributed by atoms with Gasteiger partial charge in [0.1, 0.15) is 11.6 Å². The molecule has 0 bridgehead atoms. The number of carbonyl (C=O) groups excluding carboxylic acids is 3. The van der Waals surface area contributed by atoms with Crippen molar-refractivity contribution in [1.29, 1.82) is 5.26 Å². The van der Waals surface area contributed by atoms with Gasteiger partial charge in [-0.05, 0) is 54.0 Å². The molecule has 1 aliphatic carbocycles. The lowest BCUT2D eigenvalue weighted by atomic mass is 10.1. The summed E-state index contributed by atoms with van der Waals surface area (Å²) < 4.78 is 22.1. The fraction of sp³-hybridized carbons (Fsp3) is 0.235. The highest BCUT2D eigenvalue weighted by Gasteiger charge is 2.32. The van der Waals surface area contributed by atoms with Gasteiger partial charge in [-0.25, -0.2) is 4.79 Å². The molecule has 0 spiro atoms. The van der Waals surface area contributed by atoms with Gasteiger partial charge < -0.3 is 18.9 Å². The van der Waals surface area contributed by atoms with Gasteiger partial charge in [-0.1, -0.05) is 62.6 Å². The molecular formula is C34H31NO7.